The third kappa shape index (κ3) is 4.56. The molecule has 0 amide bonds. The number of anilines is 1. The van der Waals surface area contributed by atoms with Crippen molar-refractivity contribution in [1.29, 1.82) is 0 Å². The average Bonchev–Trinajstić information content (AvgIpc) is 2.66. The second-order valence-electron chi connectivity index (χ2n) is 8.46. The molecule has 2 atom stereocenters. The van der Waals surface area contributed by atoms with Gasteiger partial charge < -0.3 is 10.6 Å². The topological polar surface area (TPSA) is 27.3 Å². The van der Waals surface area contributed by atoms with Gasteiger partial charge in [0.25, 0.3) is 0 Å². The molecule has 2 fully saturated rings. The molecule has 0 saturated carbocycles. The fraction of sp³-hybridized carbons (Fsp3) is 0.458. The minimum atomic E-state index is 0.467. The first-order valence-electron chi connectivity index (χ1n) is 10.5. The number of nitrogens with one attached hydrogen (secondary N) is 2. The van der Waals surface area contributed by atoms with Gasteiger partial charge >= 0.3 is 0 Å². The van der Waals surface area contributed by atoms with Gasteiger partial charge in [-0.1, -0.05) is 42.8 Å². The molecule has 2 aliphatic heterocycles. The number of thiocarbonyl (C=S) groups is 1. The van der Waals surface area contributed by atoms with E-state index in [9.17, 15) is 0 Å². The summed E-state index contributed by atoms with van der Waals surface area (Å²) in [5.41, 5.74) is 5.10. The first-order chi connectivity index (χ1) is 13.6. The SMILES string of the molecule is Cc1ccc(NC(=S)NC2C[C@H]3CCC[C@H](C2)N3Cc2ccccc2)cc1C. The Morgan fingerprint density at radius 3 is 2.39 bits per heavy atom. The number of piperidine rings is 2. The van der Waals surface area contributed by atoms with E-state index in [0.29, 0.717) is 18.1 Å². The first kappa shape index (κ1) is 19.4. The molecular formula is C24H31N3S. The molecule has 0 spiro atoms. The standard InChI is InChI=1S/C24H31N3S/c1-17-11-12-20(13-18(17)2)25-24(28)26-21-14-22-9-6-10-23(15-21)27(22)16-19-7-4-3-5-8-19/h3-5,7-8,11-13,21-23H,6,9-10,14-16H2,1-2H3,(H2,25,26,28)/t22-,23-/m1/s1. The molecule has 2 N–H and O–H groups in total. The lowest BCUT2D eigenvalue weighted by Crippen LogP contribution is -2.56. The average molecular weight is 394 g/mol. The number of aryl methyl sites for hydroxylation is 2. The number of fused-ring (bicyclic) bond motifs is 2. The Bertz CT molecular complexity index is 806. The molecule has 0 aliphatic carbocycles. The second-order valence-corrected chi connectivity index (χ2v) is 8.87. The normalized spacial score (nSPS) is 24.6. The molecule has 2 aliphatic rings. The van der Waals surface area contributed by atoms with E-state index >= 15 is 0 Å². The van der Waals surface area contributed by atoms with Gasteiger partial charge in [0.15, 0.2) is 5.11 Å². The summed E-state index contributed by atoms with van der Waals surface area (Å²) >= 11 is 5.62. The van der Waals surface area contributed by atoms with Crippen molar-refractivity contribution in [3.8, 4) is 0 Å². The number of hydrogen-bond acceptors (Lipinski definition) is 2. The molecule has 2 aromatic carbocycles. The quantitative estimate of drug-likeness (QED) is 0.700. The van der Waals surface area contributed by atoms with Crippen LogP contribution in [0.2, 0.25) is 0 Å². The summed E-state index contributed by atoms with van der Waals surface area (Å²) in [6.45, 7) is 5.35. The van der Waals surface area contributed by atoms with E-state index in [4.69, 9.17) is 12.2 Å². The van der Waals surface area contributed by atoms with Crippen LogP contribution in [0.25, 0.3) is 0 Å². The minimum absolute atomic E-state index is 0.467. The zero-order chi connectivity index (χ0) is 19.5. The number of rotatable bonds is 4. The Labute approximate surface area is 174 Å². The fourth-order valence-electron chi connectivity index (χ4n) is 4.82. The zero-order valence-electron chi connectivity index (χ0n) is 16.9. The van der Waals surface area contributed by atoms with Crippen LogP contribution in [0.3, 0.4) is 0 Å². The molecule has 0 aromatic heterocycles. The van der Waals surface area contributed by atoms with Crippen molar-refractivity contribution < 1.29 is 0 Å². The van der Waals surface area contributed by atoms with Gasteiger partial charge in [-0.15, -0.1) is 0 Å². The van der Waals surface area contributed by atoms with Crippen molar-refractivity contribution in [3.05, 3.63) is 65.2 Å². The molecule has 3 nitrogen and oxygen atoms in total. The van der Waals surface area contributed by atoms with Crippen molar-refractivity contribution in [3.63, 3.8) is 0 Å². The number of nitrogens with zero attached hydrogens (tertiary/aromatic N) is 1. The van der Waals surface area contributed by atoms with Crippen LogP contribution in [0.4, 0.5) is 5.69 Å². The summed E-state index contributed by atoms with van der Waals surface area (Å²) in [5.74, 6) is 0. The Hall–Kier alpha value is -1.91. The molecule has 0 unspecified atom stereocenters. The van der Waals surface area contributed by atoms with Crippen molar-refractivity contribution >= 4 is 23.0 Å². The van der Waals surface area contributed by atoms with Gasteiger partial charge in [0.1, 0.15) is 0 Å². The molecule has 2 bridgehead atoms. The summed E-state index contributed by atoms with van der Waals surface area (Å²) in [6, 6.07) is 19.1. The van der Waals surface area contributed by atoms with E-state index in [1.807, 2.05) is 0 Å². The van der Waals surface area contributed by atoms with Gasteiger partial charge in [0, 0.05) is 30.4 Å². The lowest BCUT2D eigenvalue weighted by Gasteiger charge is -2.49. The van der Waals surface area contributed by atoms with Gasteiger partial charge in [-0.2, -0.15) is 0 Å². The lowest BCUT2D eigenvalue weighted by atomic mass is 9.81. The number of hydrogen-bond donors (Lipinski definition) is 2. The molecule has 2 aromatic rings. The van der Waals surface area contributed by atoms with Gasteiger partial charge in [0.05, 0.1) is 0 Å². The number of benzene rings is 2. The zero-order valence-corrected chi connectivity index (χ0v) is 17.8. The van der Waals surface area contributed by atoms with Crippen LogP contribution in [0.5, 0.6) is 0 Å². The Balaban J connectivity index is 1.36. The van der Waals surface area contributed by atoms with Gasteiger partial charge in [-0.3, -0.25) is 4.90 Å². The highest BCUT2D eigenvalue weighted by Crippen LogP contribution is 2.35. The smallest absolute Gasteiger partial charge is 0.170 e. The summed E-state index contributed by atoms with van der Waals surface area (Å²) < 4.78 is 0. The van der Waals surface area contributed by atoms with E-state index in [2.05, 4.69) is 77.9 Å². The predicted molar refractivity (Wildman–Crippen MR) is 122 cm³/mol. The summed E-state index contributed by atoms with van der Waals surface area (Å²) in [5, 5.41) is 7.74. The highest BCUT2D eigenvalue weighted by molar-refractivity contribution is 7.80. The monoisotopic (exact) mass is 393 g/mol. The molecule has 2 heterocycles. The molecule has 4 rings (SSSR count). The third-order valence-electron chi connectivity index (χ3n) is 6.43. The molecule has 4 heteroatoms. The van der Waals surface area contributed by atoms with Crippen LogP contribution < -0.4 is 10.6 Å². The molecule has 2 saturated heterocycles. The Morgan fingerprint density at radius 1 is 1.00 bits per heavy atom. The van der Waals surface area contributed by atoms with Gasteiger partial charge in [0.2, 0.25) is 0 Å². The third-order valence-corrected chi connectivity index (χ3v) is 6.65. The van der Waals surface area contributed by atoms with Crippen LogP contribution in [0.1, 0.15) is 48.8 Å². The molecule has 28 heavy (non-hydrogen) atoms. The molecule has 148 valence electrons. The van der Waals surface area contributed by atoms with Crippen LogP contribution in [0.15, 0.2) is 48.5 Å². The molecule has 0 radical (unpaired) electrons. The predicted octanol–water partition coefficient (Wildman–Crippen LogP) is 5.18. The van der Waals surface area contributed by atoms with Crippen molar-refractivity contribution in [2.75, 3.05) is 5.32 Å². The molecular weight excluding hydrogens is 362 g/mol. The van der Waals surface area contributed by atoms with Crippen LogP contribution in [-0.4, -0.2) is 28.1 Å². The highest BCUT2D eigenvalue weighted by Gasteiger charge is 2.38. The van der Waals surface area contributed by atoms with E-state index in [0.717, 1.165) is 17.3 Å². The van der Waals surface area contributed by atoms with E-state index < -0.39 is 0 Å². The Morgan fingerprint density at radius 2 is 1.71 bits per heavy atom. The van der Waals surface area contributed by atoms with Crippen LogP contribution in [-0.2, 0) is 6.54 Å². The highest BCUT2D eigenvalue weighted by atomic mass is 32.1. The van der Waals surface area contributed by atoms with E-state index in [1.54, 1.807) is 0 Å². The maximum atomic E-state index is 5.62. The summed E-state index contributed by atoms with van der Waals surface area (Å²) in [7, 11) is 0. The van der Waals surface area contributed by atoms with Crippen LogP contribution in [0, 0.1) is 13.8 Å². The summed E-state index contributed by atoms with van der Waals surface area (Å²) in [6.07, 6.45) is 6.33. The van der Waals surface area contributed by atoms with Gasteiger partial charge in [-0.25, -0.2) is 0 Å². The first-order valence-corrected chi connectivity index (χ1v) is 10.9. The minimum Gasteiger partial charge on any atom is -0.360 e. The Kier molecular flexibility index (Phi) is 5.98. The van der Waals surface area contributed by atoms with Crippen molar-refractivity contribution in [2.24, 2.45) is 0 Å². The van der Waals surface area contributed by atoms with Crippen molar-refractivity contribution in [2.45, 2.75) is 70.6 Å². The van der Waals surface area contributed by atoms with Crippen LogP contribution >= 0.6 is 12.2 Å². The maximum absolute atomic E-state index is 5.62. The maximum Gasteiger partial charge on any atom is 0.170 e. The second kappa shape index (κ2) is 8.62. The van der Waals surface area contributed by atoms with Crippen molar-refractivity contribution in [1.82, 2.24) is 10.2 Å². The largest absolute Gasteiger partial charge is 0.360 e. The van der Waals surface area contributed by atoms with E-state index in [1.165, 1.54) is 48.8 Å². The lowest BCUT2D eigenvalue weighted by molar-refractivity contribution is 0.0212. The fourth-order valence-corrected chi connectivity index (χ4v) is 5.11. The van der Waals surface area contributed by atoms with Gasteiger partial charge in [-0.05, 0) is 80.6 Å². The van der Waals surface area contributed by atoms with E-state index in [-0.39, 0.29) is 0 Å². The summed E-state index contributed by atoms with van der Waals surface area (Å²) in [4.78, 5) is 2.75.